The molecule has 0 fully saturated rings. The van der Waals surface area contributed by atoms with Crippen molar-refractivity contribution in [1.82, 2.24) is 19.6 Å². The van der Waals surface area contributed by atoms with E-state index in [1.807, 2.05) is 48.1 Å². The third-order valence-corrected chi connectivity index (χ3v) is 4.78. The number of aryl methyl sites for hydroxylation is 1. The molecule has 152 valence electrons. The number of nitrogens with zero attached hydrogens (tertiary/aromatic N) is 4. The molecule has 0 radical (unpaired) electrons. The molecule has 0 atom stereocenters. The number of anilines is 2. The third kappa shape index (κ3) is 4.90. The molecule has 0 aliphatic heterocycles. The first-order valence-electron chi connectivity index (χ1n) is 9.49. The Morgan fingerprint density at radius 3 is 2.60 bits per heavy atom. The fourth-order valence-electron chi connectivity index (χ4n) is 3.08. The molecule has 0 saturated heterocycles. The SMILES string of the molecule is Cc1cc(NC(=S)Nc2cnn(Cc3ccccc3)c2)nn1Cc1ccccc1F. The zero-order valence-corrected chi connectivity index (χ0v) is 17.2. The Hall–Kier alpha value is -3.52. The van der Waals surface area contributed by atoms with Gasteiger partial charge in [-0.25, -0.2) is 4.39 Å². The molecule has 2 N–H and O–H groups in total. The van der Waals surface area contributed by atoms with Crippen LogP contribution in [0.15, 0.2) is 73.1 Å². The van der Waals surface area contributed by atoms with Gasteiger partial charge in [-0.2, -0.15) is 10.2 Å². The summed E-state index contributed by atoms with van der Waals surface area (Å²) in [4.78, 5) is 0. The summed E-state index contributed by atoms with van der Waals surface area (Å²) >= 11 is 5.39. The molecule has 0 saturated carbocycles. The molecule has 0 unspecified atom stereocenters. The summed E-state index contributed by atoms with van der Waals surface area (Å²) < 4.78 is 17.5. The molecule has 0 aliphatic carbocycles. The van der Waals surface area contributed by atoms with Gasteiger partial charge in [-0.15, -0.1) is 0 Å². The summed E-state index contributed by atoms with van der Waals surface area (Å²) in [5.74, 6) is 0.352. The van der Waals surface area contributed by atoms with Crippen LogP contribution in [0.3, 0.4) is 0 Å². The van der Waals surface area contributed by atoms with Crippen LogP contribution in [0.1, 0.15) is 16.8 Å². The van der Waals surface area contributed by atoms with Crippen molar-refractivity contribution in [3.63, 3.8) is 0 Å². The van der Waals surface area contributed by atoms with Crippen molar-refractivity contribution < 1.29 is 4.39 Å². The van der Waals surface area contributed by atoms with Crippen LogP contribution in [-0.2, 0) is 13.1 Å². The largest absolute Gasteiger partial charge is 0.330 e. The Kier molecular flexibility index (Phi) is 5.85. The molecular formula is C22H21FN6S. The van der Waals surface area contributed by atoms with E-state index in [0.717, 1.165) is 11.4 Å². The molecule has 4 rings (SSSR count). The first-order chi connectivity index (χ1) is 14.6. The average Bonchev–Trinajstić information content (AvgIpc) is 3.30. The van der Waals surface area contributed by atoms with E-state index in [4.69, 9.17) is 12.2 Å². The van der Waals surface area contributed by atoms with E-state index in [9.17, 15) is 4.39 Å². The van der Waals surface area contributed by atoms with Gasteiger partial charge in [-0.05, 0) is 30.8 Å². The maximum Gasteiger partial charge on any atom is 0.176 e. The minimum absolute atomic E-state index is 0.244. The van der Waals surface area contributed by atoms with Gasteiger partial charge in [0.2, 0.25) is 0 Å². The smallest absolute Gasteiger partial charge is 0.176 e. The van der Waals surface area contributed by atoms with Crippen molar-refractivity contribution in [2.45, 2.75) is 20.0 Å². The molecule has 2 heterocycles. The molecule has 0 bridgehead atoms. The second-order valence-corrected chi connectivity index (χ2v) is 7.32. The van der Waals surface area contributed by atoms with Gasteiger partial charge in [-0.1, -0.05) is 48.5 Å². The standard InChI is InChI=1S/C22H21FN6S/c1-16-11-21(27-29(16)14-18-9-5-6-10-20(18)23)26-22(30)25-19-12-24-28(15-19)13-17-7-3-2-4-8-17/h2-12,15H,13-14H2,1H3,(H2,25,26,27,30). The Morgan fingerprint density at radius 2 is 1.80 bits per heavy atom. The molecule has 0 amide bonds. The predicted octanol–water partition coefficient (Wildman–Crippen LogP) is 4.43. The number of rotatable bonds is 6. The molecule has 6 nitrogen and oxygen atoms in total. The lowest BCUT2D eigenvalue weighted by Crippen LogP contribution is -2.19. The summed E-state index contributed by atoms with van der Waals surface area (Å²) in [5, 5.41) is 15.4. The van der Waals surface area contributed by atoms with Crippen LogP contribution in [0.25, 0.3) is 0 Å². The summed E-state index contributed by atoms with van der Waals surface area (Å²) in [6.07, 6.45) is 3.61. The van der Waals surface area contributed by atoms with E-state index in [0.29, 0.717) is 29.6 Å². The summed E-state index contributed by atoms with van der Waals surface area (Å²) in [6.45, 7) is 2.96. The van der Waals surface area contributed by atoms with E-state index in [2.05, 4.69) is 33.0 Å². The van der Waals surface area contributed by atoms with Crippen LogP contribution in [0.2, 0.25) is 0 Å². The maximum absolute atomic E-state index is 13.9. The highest BCUT2D eigenvalue weighted by atomic mass is 32.1. The van der Waals surface area contributed by atoms with Gasteiger partial charge in [0, 0.05) is 23.5 Å². The van der Waals surface area contributed by atoms with Crippen LogP contribution in [0, 0.1) is 12.7 Å². The van der Waals surface area contributed by atoms with Crippen LogP contribution < -0.4 is 10.6 Å². The summed E-state index contributed by atoms with van der Waals surface area (Å²) in [7, 11) is 0. The lowest BCUT2D eigenvalue weighted by atomic mass is 10.2. The summed E-state index contributed by atoms with van der Waals surface area (Å²) in [5.41, 5.74) is 3.44. The van der Waals surface area contributed by atoms with E-state index >= 15 is 0 Å². The topological polar surface area (TPSA) is 59.7 Å². The van der Waals surface area contributed by atoms with Gasteiger partial charge in [-0.3, -0.25) is 9.36 Å². The average molecular weight is 421 g/mol. The number of halogens is 1. The lowest BCUT2D eigenvalue weighted by molar-refractivity contribution is 0.581. The summed E-state index contributed by atoms with van der Waals surface area (Å²) in [6, 6.07) is 18.7. The Balaban J connectivity index is 1.36. The highest BCUT2D eigenvalue weighted by molar-refractivity contribution is 7.80. The molecule has 4 aromatic rings. The Bertz CT molecular complexity index is 1150. The van der Waals surface area contributed by atoms with E-state index in [1.54, 1.807) is 23.0 Å². The zero-order valence-electron chi connectivity index (χ0n) is 16.4. The van der Waals surface area contributed by atoms with Crippen molar-refractivity contribution >= 4 is 28.8 Å². The predicted molar refractivity (Wildman–Crippen MR) is 120 cm³/mol. The van der Waals surface area contributed by atoms with Gasteiger partial charge >= 0.3 is 0 Å². The van der Waals surface area contributed by atoms with Gasteiger partial charge < -0.3 is 10.6 Å². The zero-order chi connectivity index (χ0) is 20.9. The van der Waals surface area contributed by atoms with Gasteiger partial charge in [0.15, 0.2) is 10.9 Å². The number of thiocarbonyl (C=S) groups is 1. The van der Waals surface area contributed by atoms with E-state index in [1.165, 1.54) is 11.6 Å². The van der Waals surface area contributed by atoms with Crippen molar-refractivity contribution in [2.24, 2.45) is 0 Å². The van der Waals surface area contributed by atoms with Crippen molar-refractivity contribution in [3.05, 3.63) is 95.7 Å². The second kappa shape index (κ2) is 8.87. The molecule has 0 spiro atoms. The van der Waals surface area contributed by atoms with Crippen LogP contribution in [0.4, 0.5) is 15.9 Å². The first kappa shape index (κ1) is 19.8. The number of aromatic nitrogens is 4. The Labute approximate surface area is 179 Å². The van der Waals surface area contributed by atoms with Crippen molar-refractivity contribution in [3.8, 4) is 0 Å². The van der Waals surface area contributed by atoms with Gasteiger partial charge in [0.25, 0.3) is 0 Å². The second-order valence-electron chi connectivity index (χ2n) is 6.91. The number of hydrogen-bond donors (Lipinski definition) is 2. The lowest BCUT2D eigenvalue weighted by Gasteiger charge is -2.07. The van der Waals surface area contributed by atoms with Crippen LogP contribution >= 0.6 is 12.2 Å². The van der Waals surface area contributed by atoms with E-state index < -0.39 is 0 Å². The highest BCUT2D eigenvalue weighted by Gasteiger charge is 2.09. The number of benzene rings is 2. The Morgan fingerprint density at radius 1 is 1.03 bits per heavy atom. The van der Waals surface area contributed by atoms with Crippen LogP contribution in [-0.4, -0.2) is 24.7 Å². The molecule has 0 aliphatic rings. The van der Waals surface area contributed by atoms with E-state index in [-0.39, 0.29) is 5.82 Å². The normalized spacial score (nSPS) is 10.7. The molecular weight excluding hydrogens is 399 g/mol. The number of hydrogen-bond acceptors (Lipinski definition) is 3. The fourth-order valence-corrected chi connectivity index (χ4v) is 3.31. The van der Waals surface area contributed by atoms with Crippen molar-refractivity contribution in [1.29, 1.82) is 0 Å². The molecule has 30 heavy (non-hydrogen) atoms. The monoisotopic (exact) mass is 420 g/mol. The number of nitrogens with one attached hydrogen (secondary N) is 2. The third-order valence-electron chi connectivity index (χ3n) is 4.58. The molecule has 2 aromatic carbocycles. The highest BCUT2D eigenvalue weighted by Crippen LogP contribution is 2.14. The van der Waals surface area contributed by atoms with Crippen LogP contribution in [0.5, 0.6) is 0 Å². The minimum atomic E-state index is -0.244. The van der Waals surface area contributed by atoms with Gasteiger partial charge in [0.05, 0.1) is 25.0 Å². The van der Waals surface area contributed by atoms with Gasteiger partial charge in [0.1, 0.15) is 5.82 Å². The quantitative estimate of drug-likeness (QED) is 0.452. The minimum Gasteiger partial charge on any atom is -0.330 e. The first-order valence-corrected chi connectivity index (χ1v) is 9.90. The fraction of sp³-hybridized carbons (Fsp3) is 0.136. The molecule has 2 aromatic heterocycles. The maximum atomic E-state index is 13.9. The van der Waals surface area contributed by atoms with Crippen molar-refractivity contribution in [2.75, 3.05) is 10.6 Å². The molecule has 8 heteroatoms.